The molecular formula is C22H24N4O2. The zero-order valence-corrected chi connectivity index (χ0v) is 15.9. The van der Waals surface area contributed by atoms with Gasteiger partial charge < -0.3 is 9.88 Å². The van der Waals surface area contributed by atoms with Crippen molar-refractivity contribution in [2.45, 2.75) is 38.6 Å². The molecule has 144 valence electrons. The number of likely N-dealkylation sites (tertiary alicyclic amines) is 1. The van der Waals surface area contributed by atoms with Gasteiger partial charge in [0.05, 0.1) is 5.69 Å². The molecule has 6 nitrogen and oxygen atoms in total. The summed E-state index contributed by atoms with van der Waals surface area (Å²) in [5, 5.41) is 5.71. The van der Waals surface area contributed by atoms with Crippen LogP contribution in [-0.4, -0.2) is 38.7 Å². The van der Waals surface area contributed by atoms with Gasteiger partial charge in [-0.2, -0.15) is 5.10 Å². The van der Waals surface area contributed by atoms with Gasteiger partial charge in [-0.3, -0.25) is 9.59 Å². The van der Waals surface area contributed by atoms with Crippen molar-refractivity contribution in [1.82, 2.24) is 19.7 Å². The van der Waals surface area contributed by atoms with Crippen molar-refractivity contribution in [1.29, 1.82) is 0 Å². The standard InChI is InChI=1S/C22H24N4O2/c27-21-13-17-2-1-3-19(17)24-26(21)14-15-7-10-25(11-8-15)22(28)18-5-4-16-6-9-23-20(16)12-18/h4-6,9,12-13,15,23H,1-3,7-8,10-11,14H2. The van der Waals surface area contributed by atoms with Crippen LogP contribution in [0.1, 0.15) is 40.9 Å². The zero-order valence-electron chi connectivity index (χ0n) is 15.9. The van der Waals surface area contributed by atoms with E-state index in [1.807, 2.05) is 35.4 Å². The Morgan fingerprint density at radius 2 is 2.00 bits per heavy atom. The first-order valence-corrected chi connectivity index (χ1v) is 10.1. The summed E-state index contributed by atoms with van der Waals surface area (Å²) in [4.78, 5) is 30.3. The van der Waals surface area contributed by atoms with Gasteiger partial charge in [-0.05, 0) is 67.2 Å². The SMILES string of the molecule is O=C(c1ccc2cc[nH]c2c1)N1CCC(Cn2nc3c(cc2=O)CCC3)CC1. The van der Waals surface area contributed by atoms with Crippen LogP contribution in [0.2, 0.25) is 0 Å². The molecule has 0 atom stereocenters. The number of piperidine rings is 1. The van der Waals surface area contributed by atoms with Crippen LogP contribution in [0.25, 0.3) is 10.9 Å². The summed E-state index contributed by atoms with van der Waals surface area (Å²) in [5.74, 6) is 0.474. The van der Waals surface area contributed by atoms with Crippen molar-refractivity contribution in [3.8, 4) is 0 Å². The van der Waals surface area contributed by atoms with Gasteiger partial charge in [0.15, 0.2) is 0 Å². The van der Waals surface area contributed by atoms with Crippen molar-refractivity contribution in [3.05, 3.63) is 63.7 Å². The Labute approximate surface area is 163 Å². The molecule has 1 aromatic carbocycles. The zero-order chi connectivity index (χ0) is 19.1. The van der Waals surface area contributed by atoms with E-state index in [1.165, 1.54) is 0 Å². The van der Waals surface area contributed by atoms with E-state index in [9.17, 15) is 9.59 Å². The third kappa shape index (κ3) is 3.13. The third-order valence-corrected chi connectivity index (χ3v) is 6.16. The molecule has 1 N–H and O–H groups in total. The Kier molecular flexibility index (Phi) is 4.26. The minimum Gasteiger partial charge on any atom is -0.361 e. The number of nitrogens with zero attached hydrogens (tertiary/aromatic N) is 3. The monoisotopic (exact) mass is 376 g/mol. The Hall–Kier alpha value is -2.89. The smallest absolute Gasteiger partial charge is 0.267 e. The first-order valence-electron chi connectivity index (χ1n) is 10.1. The number of hydrogen-bond donors (Lipinski definition) is 1. The lowest BCUT2D eigenvalue weighted by Crippen LogP contribution is -2.40. The maximum absolute atomic E-state index is 12.9. The van der Waals surface area contributed by atoms with Gasteiger partial charge in [0, 0.05) is 43.0 Å². The highest BCUT2D eigenvalue weighted by molar-refractivity contribution is 5.97. The van der Waals surface area contributed by atoms with Crippen LogP contribution in [0.5, 0.6) is 0 Å². The predicted molar refractivity (Wildman–Crippen MR) is 107 cm³/mol. The lowest BCUT2D eigenvalue weighted by Gasteiger charge is -2.32. The lowest BCUT2D eigenvalue weighted by molar-refractivity contribution is 0.0680. The quantitative estimate of drug-likeness (QED) is 0.764. The molecule has 2 aromatic heterocycles. The largest absolute Gasteiger partial charge is 0.361 e. The van der Waals surface area contributed by atoms with E-state index in [1.54, 1.807) is 10.7 Å². The summed E-state index contributed by atoms with van der Waals surface area (Å²) in [7, 11) is 0. The maximum atomic E-state index is 12.9. The number of fused-ring (bicyclic) bond motifs is 2. The van der Waals surface area contributed by atoms with E-state index >= 15 is 0 Å². The molecule has 1 fully saturated rings. The Balaban J connectivity index is 1.24. The molecule has 1 aliphatic heterocycles. The molecular weight excluding hydrogens is 352 g/mol. The van der Waals surface area contributed by atoms with Crippen molar-refractivity contribution >= 4 is 16.8 Å². The van der Waals surface area contributed by atoms with Crippen LogP contribution >= 0.6 is 0 Å². The molecule has 1 amide bonds. The molecule has 28 heavy (non-hydrogen) atoms. The predicted octanol–water partition coefficient (Wildman–Crippen LogP) is 2.77. The highest BCUT2D eigenvalue weighted by atomic mass is 16.2. The van der Waals surface area contributed by atoms with Gasteiger partial charge in [-0.25, -0.2) is 4.68 Å². The number of aromatic nitrogens is 3. The molecule has 3 aromatic rings. The fraction of sp³-hybridized carbons (Fsp3) is 0.409. The summed E-state index contributed by atoms with van der Waals surface area (Å²) >= 11 is 0. The lowest BCUT2D eigenvalue weighted by atomic mass is 9.96. The van der Waals surface area contributed by atoms with Gasteiger partial charge in [0.25, 0.3) is 11.5 Å². The highest BCUT2D eigenvalue weighted by Crippen LogP contribution is 2.23. The second kappa shape index (κ2) is 6.93. The van der Waals surface area contributed by atoms with Gasteiger partial charge >= 0.3 is 0 Å². The maximum Gasteiger partial charge on any atom is 0.267 e. The normalized spacial score (nSPS) is 17.2. The molecule has 3 heterocycles. The first kappa shape index (κ1) is 17.2. The number of amides is 1. The van der Waals surface area contributed by atoms with E-state index in [2.05, 4.69) is 10.1 Å². The molecule has 1 saturated heterocycles. The first-order chi connectivity index (χ1) is 13.7. The molecule has 0 bridgehead atoms. The number of aryl methyl sites for hydroxylation is 2. The number of rotatable bonds is 3. The summed E-state index contributed by atoms with van der Waals surface area (Å²) < 4.78 is 1.64. The van der Waals surface area contributed by atoms with Gasteiger partial charge in [-0.1, -0.05) is 6.07 Å². The fourth-order valence-electron chi connectivity index (χ4n) is 4.50. The number of benzene rings is 1. The molecule has 2 aliphatic rings. The van der Waals surface area contributed by atoms with E-state index in [0.29, 0.717) is 12.5 Å². The number of carbonyl (C=O) groups excluding carboxylic acids is 1. The van der Waals surface area contributed by atoms with E-state index in [0.717, 1.165) is 72.9 Å². The van der Waals surface area contributed by atoms with Crippen LogP contribution in [0.3, 0.4) is 0 Å². The fourth-order valence-corrected chi connectivity index (χ4v) is 4.50. The average Bonchev–Trinajstić information content (AvgIpc) is 3.36. The van der Waals surface area contributed by atoms with Crippen LogP contribution in [0.4, 0.5) is 0 Å². The Bertz CT molecular complexity index is 1090. The number of nitrogens with one attached hydrogen (secondary N) is 1. The molecule has 0 radical (unpaired) electrons. The van der Waals surface area contributed by atoms with Gasteiger partial charge in [-0.15, -0.1) is 0 Å². The minimum atomic E-state index is 0.0124. The van der Waals surface area contributed by atoms with Crippen molar-refractivity contribution < 1.29 is 4.79 Å². The van der Waals surface area contributed by atoms with Crippen LogP contribution in [0.15, 0.2) is 41.3 Å². The number of carbonyl (C=O) groups is 1. The summed E-state index contributed by atoms with van der Waals surface area (Å²) in [6.45, 7) is 2.11. The third-order valence-electron chi connectivity index (χ3n) is 6.16. The topological polar surface area (TPSA) is 71.0 Å². The van der Waals surface area contributed by atoms with E-state index < -0.39 is 0 Å². The van der Waals surface area contributed by atoms with Crippen molar-refractivity contribution in [2.24, 2.45) is 5.92 Å². The van der Waals surface area contributed by atoms with E-state index in [-0.39, 0.29) is 11.5 Å². The Morgan fingerprint density at radius 1 is 1.14 bits per heavy atom. The number of hydrogen-bond acceptors (Lipinski definition) is 3. The van der Waals surface area contributed by atoms with Crippen LogP contribution < -0.4 is 5.56 Å². The van der Waals surface area contributed by atoms with Gasteiger partial charge in [0.2, 0.25) is 0 Å². The average molecular weight is 376 g/mol. The summed E-state index contributed by atoms with van der Waals surface area (Å²) in [6, 6.07) is 9.59. The van der Waals surface area contributed by atoms with Crippen LogP contribution in [0, 0.1) is 5.92 Å². The Morgan fingerprint density at radius 3 is 2.86 bits per heavy atom. The van der Waals surface area contributed by atoms with Crippen molar-refractivity contribution in [2.75, 3.05) is 13.1 Å². The molecule has 0 spiro atoms. The highest BCUT2D eigenvalue weighted by Gasteiger charge is 2.25. The molecule has 6 heteroatoms. The van der Waals surface area contributed by atoms with Crippen LogP contribution in [-0.2, 0) is 19.4 Å². The molecule has 5 rings (SSSR count). The molecule has 1 aliphatic carbocycles. The number of aromatic amines is 1. The molecule has 0 saturated carbocycles. The second-order valence-electron chi connectivity index (χ2n) is 8.01. The minimum absolute atomic E-state index is 0.0124. The summed E-state index contributed by atoms with van der Waals surface area (Å²) in [6.07, 6.45) is 6.75. The van der Waals surface area contributed by atoms with Crippen molar-refractivity contribution in [3.63, 3.8) is 0 Å². The summed E-state index contributed by atoms with van der Waals surface area (Å²) in [5.41, 5.74) is 3.94. The number of H-pyrrole nitrogens is 1. The van der Waals surface area contributed by atoms with Gasteiger partial charge in [0.1, 0.15) is 0 Å². The second-order valence-corrected chi connectivity index (χ2v) is 8.01. The van der Waals surface area contributed by atoms with E-state index in [4.69, 9.17) is 0 Å². The molecule has 0 unspecified atom stereocenters.